The Morgan fingerprint density at radius 3 is 2.73 bits per heavy atom. The number of halogens is 2. The molecule has 0 bridgehead atoms. The van der Waals surface area contributed by atoms with Gasteiger partial charge in [0.15, 0.2) is 12.2 Å². The molecule has 2 aromatic rings. The molecule has 0 radical (unpaired) electrons. The summed E-state index contributed by atoms with van der Waals surface area (Å²) in [5.41, 5.74) is 0.188. The van der Waals surface area contributed by atoms with E-state index in [1.807, 2.05) is 0 Å². The van der Waals surface area contributed by atoms with Crippen LogP contribution in [0.2, 0.25) is 0 Å². The fraction of sp³-hybridized carbons (Fsp3) is 0.286. The van der Waals surface area contributed by atoms with Crippen LogP contribution in [0.5, 0.6) is 5.75 Å². The van der Waals surface area contributed by atoms with Gasteiger partial charge in [0, 0.05) is 12.6 Å². The van der Waals surface area contributed by atoms with Crippen molar-refractivity contribution < 1.29 is 32.6 Å². The van der Waals surface area contributed by atoms with Crippen LogP contribution in [0.25, 0.3) is 0 Å². The van der Waals surface area contributed by atoms with Crippen LogP contribution in [0, 0.1) is 11.6 Å². The molecule has 0 fully saturated rings. The molecule has 0 aliphatic carbocycles. The van der Waals surface area contributed by atoms with Gasteiger partial charge in [0.1, 0.15) is 17.4 Å². The number of nitrogens with zero attached hydrogens (tertiary/aromatic N) is 1. The van der Waals surface area contributed by atoms with Gasteiger partial charge >= 0.3 is 5.97 Å². The van der Waals surface area contributed by atoms with E-state index in [1.54, 1.807) is 31.2 Å². The zero-order valence-corrected chi connectivity index (χ0v) is 16.4. The predicted octanol–water partition coefficient (Wildman–Crippen LogP) is 3.04. The second-order valence-corrected chi connectivity index (χ2v) is 6.71. The van der Waals surface area contributed by atoms with Crippen LogP contribution >= 0.6 is 0 Å². The molecule has 2 atom stereocenters. The number of ether oxygens (including phenoxy) is 2. The van der Waals surface area contributed by atoms with Crippen molar-refractivity contribution in [2.75, 3.05) is 16.8 Å². The number of anilines is 2. The van der Waals surface area contributed by atoms with Gasteiger partial charge in [-0.1, -0.05) is 12.1 Å². The highest BCUT2D eigenvalue weighted by molar-refractivity contribution is 6.00. The molecule has 7 nitrogen and oxygen atoms in total. The monoisotopic (exact) mass is 418 g/mol. The number of fused-ring (bicyclic) bond motifs is 1. The molecule has 0 saturated heterocycles. The number of hydrogen-bond acceptors (Lipinski definition) is 5. The summed E-state index contributed by atoms with van der Waals surface area (Å²) in [4.78, 5) is 38.1. The van der Waals surface area contributed by atoms with Gasteiger partial charge in [-0.15, -0.1) is 0 Å². The lowest BCUT2D eigenvalue weighted by Crippen LogP contribution is -2.45. The molecule has 9 heteroatoms. The molecule has 158 valence electrons. The number of rotatable bonds is 6. The van der Waals surface area contributed by atoms with Crippen molar-refractivity contribution in [3.05, 3.63) is 54.1 Å². The quantitative estimate of drug-likeness (QED) is 0.729. The predicted molar refractivity (Wildman–Crippen MR) is 104 cm³/mol. The number of esters is 1. The summed E-state index contributed by atoms with van der Waals surface area (Å²) in [6.07, 6.45) is -2.10. The smallest absolute Gasteiger partial charge is 0.308 e. The highest BCUT2D eigenvalue weighted by atomic mass is 19.1. The lowest BCUT2D eigenvalue weighted by atomic mass is 10.2. The summed E-state index contributed by atoms with van der Waals surface area (Å²) in [6, 6.07) is 9.56. The fourth-order valence-corrected chi connectivity index (χ4v) is 2.93. The molecule has 3 rings (SSSR count). The zero-order chi connectivity index (χ0) is 21.8. The minimum Gasteiger partial charge on any atom is -0.479 e. The molecule has 1 aliphatic rings. The number of hydrogen-bond donors (Lipinski definition) is 1. The van der Waals surface area contributed by atoms with Crippen molar-refractivity contribution in [3.8, 4) is 5.75 Å². The summed E-state index contributed by atoms with van der Waals surface area (Å²) in [5.74, 6) is -2.84. The first-order valence-corrected chi connectivity index (χ1v) is 9.28. The van der Waals surface area contributed by atoms with E-state index < -0.39 is 35.7 Å². The Hall–Kier alpha value is -3.49. The third-order valence-corrected chi connectivity index (χ3v) is 4.48. The van der Waals surface area contributed by atoms with Crippen LogP contribution in [-0.4, -0.2) is 36.5 Å². The van der Waals surface area contributed by atoms with Crippen LogP contribution in [0.4, 0.5) is 20.2 Å². The first kappa shape index (κ1) is 21.2. The normalized spacial score (nSPS) is 16.3. The van der Waals surface area contributed by atoms with Crippen molar-refractivity contribution in [2.45, 2.75) is 32.5 Å². The summed E-state index contributed by atoms with van der Waals surface area (Å²) in [6.45, 7) is 2.96. The zero-order valence-electron chi connectivity index (χ0n) is 16.4. The van der Waals surface area contributed by atoms with Gasteiger partial charge in [-0.3, -0.25) is 14.4 Å². The third kappa shape index (κ3) is 4.73. The van der Waals surface area contributed by atoms with Crippen molar-refractivity contribution in [1.82, 2.24) is 0 Å². The van der Waals surface area contributed by atoms with Crippen molar-refractivity contribution in [2.24, 2.45) is 0 Å². The summed E-state index contributed by atoms with van der Waals surface area (Å²) in [5, 5.41) is 2.18. The Labute approximate surface area is 171 Å². The maximum Gasteiger partial charge on any atom is 0.308 e. The molecule has 1 aliphatic heterocycles. The molecule has 2 aromatic carbocycles. The average molecular weight is 418 g/mol. The summed E-state index contributed by atoms with van der Waals surface area (Å²) >= 11 is 0. The van der Waals surface area contributed by atoms with Gasteiger partial charge < -0.3 is 19.7 Å². The molecule has 1 heterocycles. The number of amides is 2. The molecule has 0 spiro atoms. The second kappa shape index (κ2) is 8.89. The highest BCUT2D eigenvalue weighted by Gasteiger charge is 2.31. The van der Waals surface area contributed by atoms with Crippen molar-refractivity contribution in [3.63, 3.8) is 0 Å². The van der Waals surface area contributed by atoms with E-state index in [2.05, 4.69) is 5.32 Å². The van der Waals surface area contributed by atoms with Gasteiger partial charge in [-0.2, -0.15) is 0 Å². The fourth-order valence-electron chi connectivity index (χ4n) is 2.93. The molecular formula is C21H20F2N2O5. The first-order valence-electron chi connectivity index (χ1n) is 9.28. The van der Waals surface area contributed by atoms with Gasteiger partial charge in [0.2, 0.25) is 0 Å². The molecule has 2 unspecified atom stereocenters. The van der Waals surface area contributed by atoms with E-state index in [9.17, 15) is 23.2 Å². The molecule has 0 saturated carbocycles. The Bertz CT molecular complexity index is 982. The van der Waals surface area contributed by atoms with E-state index >= 15 is 0 Å². The SMILES string of the molecule is CC(OC(=O)CCN1C(=O)C(C)Oc2ccccc21)C(=O)Nc1cc(F)ccc1F. The molecule has 30 heavy (non-hydrogen) atoms. The summed E-state index contributed by atoms with van der Waals surface area (Å²) < 4.78 is 37.4. The highest BCUT2D eigenvalue weighted by Crippen LogP contribution is 2.33. The second-order valence-electron chi connectivity index (χ2n) is 6.71. The Balaban J connectivity index is 1.57. The lowest BCUT2D eigenvalue weighted by molar-refractivity contribution is -0.153. The Kier molecular flexibility index (Phi) is 6.29. The Morgan fingerprint density at radius 1 is 1.23 bits per heavy atom. The number of carbonyl (C=O) groups excluding carboxylic acids is 3. The first-order chi connectivity index (χ1) is 14.3. The van der Waals surface area contributed by atoms with Gasteiger partial charge in [0.25, 0.3) is 11.8 Å². The minimum atomic E-state index is -1.24. The number of carbonyl (C=O) groups is 3. The number of benzene rings is 2. The maximum absolute atomic E-state index is 13.6. The van der Waals surface area contributed by atoms with Crippen LogP contribution in [-0.2, 0) is 19.1 Å². The third-order valence-electron chi connectivity index (χ3n) is 4.48. The molecule has 1 N–H and O–H groups in total. The lowest BCUT2D eigenvalue weighted by Gasteiger charge is -2.32. The van der Waals surface area contributed by atoms with E-state index in [1.165, 1.54) is 11.8 Å². The van der Waals surface area contributed by atoms with Gasteiger partial charge in [-0.25, -0.2) is 8.78 Å². The van der Waals surface area contributed by atoms with Gasteiger partial charge in [-0.05, 0) is 38.1 Å². The minimum absolute atomic E-state index is 0.0369. The Morgan fingerprint density at radius 2 is 1.97 bits per heavy atom. The van der Waals surface area contributed by atoms with Crippen molar-refractivity contribution in [1.29, 1.82) is 0 Å². The van der Waals surface area contributed by atoms with Crippen LogP contribution in [0.1, 0.15) is 20.3 Å². The van der Waals surface area contributed by atoms with E-state index in [4.69, 9.17) is 9.47 Å². The standard InChI is InChI=1S/C21H20F2N2O5/c1-12(20(27)24-16-11-14(22)7-8-15(16)23)30-19(26)9-10-25-17-5-3-4-6-18(17)29-13(2)21(25)28/h3-8,11-13H,9-10H2,1-2H3,(H,24,27). The van der Waals surface area contributed by atoms with Crippen LogP contribution < -0.4 is 15.0 Å². The van der Waals surface area contributed by atoms with E-state index in [0.29, 0.717) is 11.4 Å². The molecule has 2 amide bonds. The summed E-state index contributed by atoms with van der Waals surface area (Å²) in [7, 11) is 0. The van der Waals surface area contributed by atoms with E-state index in [0.717, 1.165) is 18.2 Å². The topological polar surface area (TPSA) is 84.9 Å². The largest absolute Gasteiger partial charge is 0.479 e. The van der Waals surface area contributed by atoms with Gasteiger partial charge in [0.05, 0.1) is 17.8 Å². The average Bonchev–Trinajstić information content (AvgIpc) is 2.71. The van der Waals surface area contributed by atoms with E-state index in [-0.39, 0.29) is 24.6 Å². The van der Waals surface area contributed by atoms with Crippen molar-refractivity contribution >= 4 is 29.2 Å². The molecular weight excluding hydrogens is 398 g/mol. The molecule has 0 aromatic heterocycles. The number of para-hydroxylation sites is 2. The van der Waals surface area contributed by atoms with Crippen LogP contribution in [0.3, 0.4) is 0 Å². The van der Waals surface area contributed by atoms with Crippen LogP contribution in [0.15, 0.2) is 42.5 Å². The maximum atomic E-state index is 13.6. The number of nitrogens with one attached hydrogen (secondary N) is 1.